The molecule has 0 saturated heterocycles. The minimum atomic E-state index is 0. The van der Waals surface area contributed by atoms with E-state index in [1.165, 1.54) is 5.56 Å². The van der Waals surface area contributed by atoms with E-state index >= 15 is 0 Å². The van der Waals surface area contributed by atoms with E-state index in [-0.39, 0.29) is 75.5 Å². The number of nitrogens with one attached hydrogen (secondary N) is 1. The number of quaternary nitrogens is 1. The van der Waals surface area contributed by atoms with E-state index in [9.17, 15) is 0 Å². The molecule has 0 amide bonds. The zero-order chi connectivity index (χ0) is 7.56. The average molecular weight is 486 g/mol. The molecule has 0 aliphatic rings. The summed E-state index contributed by atoms with van der Waals surface area (Å²) in [7, 11) is 1.90. The van der Waals surface area contributed by atoms with Crippen LogP contribution in [-0.2, 0) is 0 Å². The van der Waals surface area contributed by atoms with Gasteiger partial charge in [-0.25, -0.2) is 4.42 Å². The van der Waals surface area contributed by atoms with E-state index < -0.39 is 0 Å². The van der Waals surface area contributed by atoms with Gasteiger partial charge in [0.15, 0.2) is 11.8 Å². The maximum atomic E-state index is 5.77. The Balaban J connectivity index is 0. The van der Waals surface area contributed by atoms with Gasteiger partial charge < -0.3 is 0 Å². The molecule has 0 heterocycles. The van der Waals surface area contributed by atoms with E-state index in [4.69, 9.17) is 11.8 Å². The molecule has 0 aliphatic carbocycles. The Labute approximate surface area is 139 Å². The largest absolute Gasteiger partial charge is 0.204 e. The molecule has 0 aliphatic heterocycles. The van der Waals surface area contributed by atoms with E-state index in [0.717, 1.165) is 10.1 Å². The normalized spacial score (nSPS) is 10.9. The molecular weight excluding hydrogens is 475 g/mol. The summed E-state index contributed by atoms with van der Waals surface area (Å²) in [5.74, 6) is 0. The van der Waals surface area contributed by atoms with Gasteiger partial charge in [0.2, 0.25) is 0 Å². The van der Waals surface area contributed by atoms with Crippen LogP contribution in [0.25, 0.3) is 0 Å². The first-order valence-electron chi connectivity index (χ1n) is 3.26. The summed E-state index contributed by atoms with van der Waals surface area (Å²) in [5.41, 5.74) is 2.37. The van der Waals surface area contributed by atoms with Crippen LogP contribution in [-0.4, -0.2) is 7.05 Å². The molecule has 0 saturated carbocycles. The Morgan fingerprint density at radius 1 is 1.08 bits per heavy atom. The maximum Gasteiger partial charge on any atom is 0.169 e. The van der Waals surface area contributed by atoms with Gasteiger partial charge in [-0.1, -0.05) is 17.7 Å². The minimum Gasteiger partial charge on any atom is -0.204 e. The third-order valence-electron chi connectivity index (χ3n) is 1.45. The molecule has 0 fully saturated rings. The predicted octanol–water partition coefficient (Wildman–Crippen LogP) is 1.30. The topological polar surface area (TPSA) is 4.44 Å². The quantitative estimate of drug-likeness (QED) is 0.451. The van der Waals surface area contributed by atoms with Crippen molar-refractivity contribution >= 4 is 17.5 Å². The maximum absolute atomic E-state index is 5.77. The van der Waals surface area contributed by atoms with Gasteiger partial charge >= 0.3 is 0 Å². The van der Waals surface area contributed by atoms with E-state index in [1.807, 2.05) is 19.2 Å². The molecule has 0 spiro atoms. The summed E-state index contributed by atoms with van der Waals surface area (Å²) in [5, 5.41) is 0. The molecule has 1 rings (SSSR count). The van der Waals surface area contributed by atoms with Crippen LogP contribution >= 0.6 is 11.8 Å². The second-order valence-corrected chi connectivity index (χ2v) is 2.97. The van der Waals surface area contributed by atoms with Gasteiger partial charge in [-0.3, -0.25) is 0 Å². The van der Waals surface area contributed by atoms with Gasteiger partial charge in [0.05, 0.1) is 7.05 Å². The van der Waals surface area contributed by atoms with Crippen molar-refractivity contribution in [3.63, 3.8) is 0 Å². The monoisotopic (exact) mass is 486 g/mol. The van der Waals surface area contributed by atoms with Crippen molar-refractivity contribution < 1.29 is 79.9 Å². The Morgan fingerprint density at radius 3 is 1.83 bits per heavy atom. The van der Waals surface area contributed by atoms with Crippen molar-refractivity contribution in [2.24, 2.45) is 0 Å². The van der Waals surface area contributed by atoms with Crippen molar-refractivity contribution in [1.82, 2.24) is 0 Å². The minimum absolute atomic E-state index is 0. The smallest absolute Gasteiger partial charge is 0.169 e. The molecular formula is C8H11ClHo2N+. The van der Waals surface area contributed by atoms with Gasteiger partial charge in [0, 0.05) is 87.6 Å². The van der Waals surface area contributed by atoms with Crippen molar-refractivity contribution in [2.75, 3.05) is 7.05 Å². The molecule has 1 nitrogen and oxygen atoms in total. The van der Waals surface area contributed by atoms with Crippen LogP contribution < -0.4 is 4.42 Å². The Bertz CT molecular complexity index is 211. The third kappa shape index (κ3) is 5.66. The Hall–Kier alpha value is 1.99. The van der Waals surface area contributed by atoms with Crippen molar-refractivity contribution in [3.05, 3.63) is 29.8 Å². The third-order valence-corrected chi connectivity index (χ3v) is 1.67. The molecule has 1 atom stereocenters. The SMILES string of the molecule is Cc1ccc([NH+](C)Cl)cc1.[Ho].[Ho]. The molecule has 4 heteroatoms. The van der Waals surface area contributed by atoms with E-state index in [1.54, 1.807) is 0 Å². The first kappa shape index (κ1) is 16.4. The standard InChI is InChI=1S/C8H10ClN.2Ho/c1-7-3-5-8(6-4-7)10(2)9;;/h3-6H,1-2H3;;/p+1. The summed E-state index contributed by atoms with van der Waals surface area (Å²) in [6, 6.07) is 8.16. The predicted molar refractivity (Wildman–Crippen MR) is 43.6 cm³/mol. The number of halogens is 1. The van der Waals surface area contributed by atoms with Crippen LogP contribution in [0.2, 0.25) is 0 Å². The van der Waals surface area contributed by atoms with Gasteiger partial charge in [0.25, 0.3) is 0 Å². The molecule has 0 bridgehead atoms. The molecule has 1 N–H and O–H groups in total. The second-order valence-electron chi connectivity index (χ2n) is 2.40. The van der Waals surface area contributed by atoms with Crippen LogP contribution in [0.4, 0.5) is 5.69 Å². The molecule has 76 valence electrons. The van der Waals surface area contributed by atoms with E-state index in [0.29, 0.717) is 0 Å². The fourth-order valence-electron chi connectivity index (χ4n) is 0.783. The summed E-state index contributed by atoms with van der Waals surface area (Å²) in [6.45, 7) is 2.06. The number of hydrogen-bond acceptors (Lipinski definition) is 0. The molecule has 0 aromatic heterocycles. The number of benzene rings is 1. The summed E-state index contributed by atoms with van der Waals surface area (Å²) in [4.78, 5) is 0. The number of hydrogen-bond donors (Lipinski definition) is 1. The van der Waals surface area contributed by atoms with Crippen LogP contribution in [0.5, 0.6) is 0 Å². The average Bonchev–Trinajstić information content (AvgIpc) is 1.88. The summed E-state index contributed by atoms with van der Waals surface area (Å²) in [6.07, 6.45) is 0. The van der Waals surface area contributed by atoms with Gasteiger partial charge in [-0.15, -0.1) is 0 Å². The first-order valence-corrected chi connectivity index (χ1v) is 3.64. The van der Waals surface area contributed by atoms with Crippen LogP contribution in [0.15, 0.2) is 24.3 Å². The zero-order valence-corrected chi connectivity index (χ0v) is 11.4. The number of rotatable bonds is 1. The van der Waals surface area contributed by atoms with Crippen molar-refractivity contribution in [2.45, 2.75) is 6.92 Å². The fraction of sp³-hybridized carbons (Fsp3) is 0.250. The molecule has 1 unspecified atom stereocenters. The first-order chi connectivity index (χ1) is 4.70. The summed E-state index contributed by atoms with van der Waals surface area (Å²) < 4.78 is 0.847. The summed E-state index contributed by atoms with van der Waals surface area (Å²) >= 11 is 5.77. The molecule has 2 radical (unpaired) electrons. The van der Waals surface area contributed by atoms with Crippen LogP contribution in [0.1, 0.15) is 5.56 Å². The van der Waals surface area contributed by atoms with Gasteiger partial charge in [0.1, 0.15) is 5.69 Å². The van der Waals surface area contributed by atoms with Crippen LogP contribution in [0, 0.1) is 82.4 Å². The molecule has 1 aromatic carbocycles. The van der Waals surface area contributed by atoms with Gasteiger partial charge in [-0.2, -0.15) is 0 Å². The molecule has 1 aromatic rings. The van der Waals surface area contributed by atoms with Crippen LogP contribution in [0.3, 0.4) is 0 Å². The second kappa shape index (κ2) is 8.31. The Morgan fingerprint density at radius 2 is 1.50 bits per heavy atom. The zero-order valence-electron chi connectivity index (χ0n) is 6.79. The fourth-order valence-corrected chi connectivity index (χ4v) is 0.909. The number of aryl methyl sites for hydroxylation is 1. The van der Waals surface area contributed by atoms with Gasteiger partial charge in [-0.05, 0) is 6.92 Å². The van der Waals surface area contributed by atoms with Crippen molar-refractivity contribution in [1.29, 1.82) is 0 Å². The van der Waals surface area contributed by atoms with Crippen molar-refractivity contribution in [3.8, 4) is 0 Å². The molecule has 12 heavy (non-hydrogen) atoms. The Kier molecular flexibility index (Phi) is 11.4. The van der Waals surface area contributed by atoms with E-state index in [2.05, 4.69) is 19.1 Å².